The number of thioether (sulfide) groups is 1. The van der Waals surface area contributed by atoms with Gasteiger partial charge in [0.25, 0.3) is 5.91 Å². The molecule has 2 aromatic carbocycles. The van der Waals surface area contributed by atoms with Gasteiger partial charge in [0, 0.05) is 42.7 Å². The molecular formula is C22H23ClN4O3S2. The Morgan fingerprint density at radius 2 is 1.81 bits per heavy atom. The van der Waals surface area contributed by atoms with Crippen LogP contribution in [0.2, 0.25) is 5.02 Å². The van der Waals surface area contributed by atoms with E-state index in [0.29, 0.717) is 34.5 Å². The Kier molecular flexibility index (Phi) is 5.81. The summed E-state index contributed by atoms with van der Waals surface area (Å²) in [5.41, 5.74) is 2.34. The summed E-state index contributed by atoms with van der Waals surface area (Å²) in [6, 6.07) is 15.2. The Morgan fingerprint density at radius 3 is 2.53 bits per heavy atom. The molecule has 2 aromatic rings. The van der Waals surface area contributed by atoms with E-state index in [0.717, 1.165) is 13.1 Å². The minimum absolute atomic E-state index is 0.0265. The largest absolute Gasteiger partial charge is 0.368 e. The summed E-state index contributed by atoms with van der Waals surface area (Å²) in [4.78, 5) is 21.8. The number of nitrogens with zero attached hydrogens (tertiary/aromatic N) is 3. The number of piperazine rings is 1. The lowest BCUT2D eigenvalue weighted by Gasteiger charge is -2.36. The summed E-state index contributed by atoms with van der Waals surface area (Å²) in [5.74, 6) is 0.219. The van der Waals surface area contributed by atoms with Gasteiger partial charge in [-0.25, -0.2) is 8.42 Å². The number of carbonyl (C=O) groups excluding carboxylic acids is 1. The van der Waals surface area contributed by atoms with Gasteiger partial charge >= 0.3 is 0 Å². The number of aliphatic imine (C=N–C) groups is 1. The van der Waals surface area contributed by atoms with Crippen LogP contribution in [0.25, 0.3) is 0 Å². The van der Waals surface area contributed by atoms with Gasteiger partial charge in [-0.3, -0.25) is 9.79 Å². The molecule has 0 radical (unpaired) electrons. The van der Waals surface area contributed by atoms with E-state index in [1.54, 1.807) is 18.2 Å². The molecule has 0 spiro atoms. The SMILES string of the molecule is O=C(c1ccc(Cl)c(NC2=N[C@@H]3CS(=O)(=O)C[C@H]3S2)c1)N1CCN(c2ccccc2)CC1. The third kappa shape index (κ3) is 4.46. The van der Waals surface area contributed by atoms with Gasteiger partial charge in [0.05, 0.1) is 28.3 Å². The summed E-state index contributed by atoms with van der Waals surface area (Å²) in [7, 11) is -3.00. The summed E-state index contributed by atoms with van der Waals surface area (Å²) in [6.45, 7) is 2.88. The maximum atomic E-state index is 13.1. The van der Waals surface area contributed by atoms with Gasteiger partial charge in [-0.2, -0.15) is 0 Å². The third-order valence-electron chi connectivity index (χ3n) is 5.96. The van der Waals surface area contributed by atoms with E-state index in [-0.39, 0.29) is 28.7 Å². The van der Waals surface area contributed by atoms with E-state index in [2.05, 4.69) is 27.3 Å². The molecule has 3 aliphatic heterocycles. The van der Waals surface area contributed by atoms with E-state index >= 15 is 0 Å². The van der Waals surface area contributed by atoms with Gasteiger partial charge in [0.15, 0.2) is 15.0 Å². The predicted octanol–water partition coefficient (Wildman–Crippen LogP) is 2.98. The Labute approximate surface area is 196 Å². The van der Waals surface area contributed by atoms with Crippen LogP contribution < -0.4 is 10.2 Å². The van der Waals surface area contributed by atoms with Crippen molar-refractivity contribution in [3.05, 3.63) is 59.1 Å². The molecule has 0 unspecified atom stereocenters. The number of amides is 1. The second-order valence-corrected chi connectivity index (χ2v) is 12.0. The van der Waals surface area contributed by atoms with Gasteiger partial charge < -0.3 is 15.1 Å². The second kappa shape index (κ2) is 8.61. The molecule has 3 aliphatic rings. The van der Waals surface area contributed by atoms with Gasteiger partial charge in [0.1, 0.15) is 0 Å². The van der Waals surface area contributed by atoms with Crippen LogP contribution in [-0.4, -0.2) is 73.4 Å². The standard InChI is InChI=1S/C22H23ClN4O3S2/c23-17-7-6-15(12-18(17)24-22-25-19-13-32(29,30)14-20(19)31-22)21(28)27-10-8-26(9-11-27)16-4-2-1-3-5-16/h1-7,12,19-20H,8-11,13-14H2,(H,24,25)/t19-,20-/m1/s1. The number of amidine groups is 1. The monoisotopic (exact) mass is 490 g/mol. The number of carbonyl (C=O) groups is 1. The summed E-state index contributed by atoms with van der Waals surface area (Å²) in [6.07, 6.45) is 0. The minimum atomic E-state index is -3.00. The first-order chi connectivity index (χ1) is 15.4. The lowest BCUT2D eigenvalue weighted by atomic mass is 10.1. The fraction of sp³-hybridized carbons (Fsp3) is 0.364. The number of halogens is 1. The lowest BCUT2D eigenvalue weighted by Crippen LogP contribution is -2.48. The normalized spacial score (nSPS) is 24.2. The second-order valence-electron chi connectivity index (χ2n) is 8.17. The quantitative estimate of drug-likeness (QED) is 0.712. The predicted molar refractivity (Wildman–Crippen MR) is 131 cm³/mol. The first-order valence-electron chi connectivity index (χ1n) is 10.5. The molecule has 0 aromatic heterocycles. The number of anilines is 2. The topological polar surface area (TPSA) is 82.1 Å². The number of nitrogens with one attached hydrogen (secondary N) is 1. The van der Waals surface area contributed by atoms with E-state index < -0.39 is 9.84 Å². The van der Waals surface area contributed by atoms with Crippen LogP contribution in [0.3, 0.4) is 0 Å². The number of rotatable bonds is 3. The first kappa shape index (κ1) is 21.6. The maximum Gasteiger partial charge on any atom is 0.254 e. The molecular weight excluding hydrogens is 468 g/mol. The fourth-order valence-corrected chi connectivity index (χ4v) is 8.11. The number of hydrogen-bond acceptors (Lipinski definition) is 7. The molecule has 0 saturated carbocycles. The molecule has 0 bridgehead atoms. The highest BCUT2D eigenvalue weighted by Crippen LogP contribution is 2.35. The highest BCUT2D eigenvalue weighted by atomic mass is 35.5. The van der Waals surface area contributed by atoms with Gasteiger partial charge in [-0.15, -0.1) is 0 Å². The number of hydrogen-bond donors (Lipinski definition) is 1. The van der Waals surface area contributed by atoms with Crippen molar-refractivity contribution >= 4 is 55.6 Å². The Hall–Kier alpha value is -2.23. The molecule has 3 heterocycles. The Morgan fingerprint density at radius 1 is 1.06 bits per heavy atom. The zero-order valence-electron chi connectivity index (χ0n) is 17.3. The third-order valence-corrected chi connectivity index (χ3v) is 9.43. The van der Waals surface area contributed by atoms with Crippen LogP contribution >= 0.6 is 23.4 Å². The zero-order chi connectivity index (χ0) is 22.3. The fourth-order valence-electron chi connectivity index (χ4n) is 4.27. The van der Waals surface area contributed by atoms with Crippen LogP contribution in [-0.2, 0) is 9.84 Å². The molecule has 2 saturated heterocycles. The number of sulfone groups is 1. The first-order valence-corrected chi connectivity index (χ1v) is 13.6. The highest BCUT2D eigenvalue weighted by molar-refractivity contribution is 8.15. The maximum absolute atomic E-state index is 13.1. The van der Waals surface area contributed by atoms with Crippen LogP contribution in [0.1, 0.15) is 10.4 Å². The number of fused-ring (bicyclic) bond motifs is 1. The van der Waals surface area contributed by atoms with Gasteiger partial charge in [0.2, 0.25) is 0 Å². The van der Waals surface area contributed by atoms with E-state index in [1.165, 1.54) is 17.4 Å². The molecule has 10 heteroatoms. The van der Waals surface area contributed by atoms with Crippen LogP contribution in [0, 0.1) is 0 Å². The van der Waals surface area contributed by atoms with Crippen molar-refractivity contribution in [2.45, 2.75) is 11.3 Å². The van der Waals surface area contributed by atoms with Gasteiger partial charge in [-0.05, 0) is 30.3 Å². The van der Waals surface area contributed by atoms with Crippen molar-refractivity contribution in [1.29, 1.82) is 0 Å². The van der Waals surface area contributed by atoms with E-state index in [1.807, 2.05) is 23.1 Å². The average Bonchev–Trinajstić information content (AvgIpc) is 3.28. The molecule has 1 N–H and O–H groups in total. The molecule has 168 valence electrons. The van der Waals surface area contributed by atoms with Crippen LogP contribution in [0.5, 0.6) is 0 Å². The molecule has 2 fully saturated rings. The number of benzene rings is 2. The molecule has 32 heavy (non-hydrogen) atoms. The molecule has 0 aliphatic carbocycles. The van der Waals surface area contributed by atoms with E-state index in [4.69, 9.17) is 11.6 Å². The Bertz CT molecular complexity index is 1160. The smallest absolute Gasteiger partial charge is 0.254 e. The molecule has 7 nitrogen and oxygen atoms in total. The highest BCUT2D eigenvalue weighted by Gasteiger charge is 2.42. The lowest BCUT2D eigenvalue weighted by molar-refractivity contribution is 0.0747. The Balaban J connectivity index is 1.25. The molecule has 1 amide bonds. The van der Waals surface area contributed by atoms with Crippen LogP contribution in [0.15, 0.2) is 53.5 Å². The van der Waals surface area contributed by atoms with Gasteiger partial charge in [-0.1, -0.05) is 41.6 Å². The summed E-state index contributed by atoms with van der Waals surface area (Å²) >= 11 is 7.79. The number of para-hydroxylation sites is 1. The average molecular weight is 491 g/mol. The van der Waals surface area contributed by atoms with Crippen molar-refractivity contribution in [3.8, 4) is 0 Å². The van der Waals surface area contributed by atoms with Crippen molar-refractivity contribution < 1.29 is 13.2 Å². The van der Waals surface area contributed by atoms with Crippen LogP contribution in [0.4, 0.5) is 11.4 Å². The molecule has 5 rings (SSSR count). The van der Waals surface area contributed by atoms with Crippen molar-refractivity contribution in [2.75, 3.05) is 47.9 Å². The van der Waals surface area contributed by atoms with E-state index in [9.17, 15) is 13.2 Å². The van der Waals surface area contributed by atoms with Crippen molar-refractivity contribution in [3.63, 3.8) is 0 Å². The van der Waals surface area contributed by atoms with Crippen molar-refractivity contribution in [2.24, 2.45) is 4.99 Å². The van der Waals surface area contributed by atoms with Crippen molar-refractivity contribution in [1.82, 2.24) is 4.90 Å². The zero-order valence-corrected chi connectivity index (χ0v) is 19.7. The summed E-state index contributed by atoms with van der Waals surface area (Å²) in [5, 5.41) is 4.29. The minimum Gasteiger partial charge on any atom is -0.368 e. The molecule has 2 atom stereocenters. The summed E-state index contributed by atoms with van der Waals surface area (Å²) < 4.78 is 23.5.